The zero-order valence-corrected chi connectivity index (χ0v) is 13.5. The molecule has 1 aliphatic rings. The van der Waals surface area contributed by atoms with Crippen molar-refractivity contribution in [3.63, 3.8) is 0 Å². The Balaban J connectivity index is 1.77. The molecule has 2 rings (SSSR count). The minimum absolute atomic E-state index is 0.0392. The topological polar surface area (TPSA) is 78.9 Å². The van der Waals surface area contributed by atoms with Crippen LogP contribution in [-0.4, -0.2) is 47.7 Å². The highest BCUT2D eigenvalue weighted by Crippen LogP contribution is 2.17. The third kappa shape index (κ3) is 5.16. The number of alkyl carbamates (subject to hydrolysis) is 1. The molecule has 1 fully saturated rings. The number of hydrogen-bond donors (Lipinski definition) is 2. The second-order valence-electron chi connectivity index (χ2n) is 5.75. The summed E-state index contributed by atoms with van der Waals surface area (Å²) >= 11 is 0. The quantitative estimate of drug-likeness (QED) is 0.817. The first kappa shape index (κ1) is 17.1. The van der Waals surface area contributed by atoms with Crippen molar-refractivity contribution in [2.24, 2.45) is 0 Å². The molecule has 0 spiro atoms. The van der Waals surface area contributed by atoms with Crippen LogP contribution < -0.4 is 5.32 Å². The van der Waals surface area contributed by atoms with Gasteiger partial charge in [0, 0.05) is 24.7 Å². The number of likely N-dealkylation sites (tertiary alicyclic amines) is 1. The second kappa shape index (κ2) is 8.41. The summed E-state index contributed by atoms with van der Waals surface area (Å²) in [6.45, 7) is 3.64. The van der Waals surface area contributed by atoms with Crippen LogP contribution in [-0.2, 0) is 4.74 Å². The van der Waals surface area contributed by atoms with E-state index in [-0.39, 0.29) is 23.8 Å². The fourth-order valence-corrected chi connectivity index (χ4v) is 2.57. The molecule has 6 nitrogen and oxygen atoms in total. The monoisotopic (exact) mass is 320 g/mol. The lowest BCUT2D eigenvalue weighted by Gasteiger charge is -2.32. The first-order valence-corrected chi connectivity index (χ1v) is 8.11. The van der Waals surface area contributed by atoms with E-state index in [0.717, 1.165) is 12.8 Å². The van der Waals surface area contributed by atoms with Crippen LogP contribution in [0.15, 0.2) is 24.3 Å². The third-order valence-electron chi connectivity index (χ3n) is 3.93. The number of nitrogens with one attached hydrogen (secondary N) is 1. The van der Waals surface area contributed by atoms with Crippen LogP contribution in [0.3, 0.4) is 0 Å². The molecule has 0 atom stereocenters. The van der Waals surface area contributed by atoms with Gasteiger partial charge in [-0.3, -0.25) is 4.79 Å². The number of ether oxygens (including phenoxy) is 1. The second-order valence-corrected chi connectivity index (χ2v) is 5.75. The van der Waals surface area contributed by atoms with E-state index in [0.29, 0.717) is 38.1 Å². The van der Waals surface area contributed by atoms with E-state index in [2.05, 4.69) is 5.32 Å². The zero-order chi connectivity index (χ0) is 16.7. The van der Waals surface area contributed by atoms with Crippen LogP contribution in [0.4, 0.5) is 4.79 Å². The molecule has 0 saturated carbocycles. The molecule has 0 aliphatic carbocycles. The van der Waals surface area contributed by atoms with Crippen molar-refractivity contribution in [2.45, 2.75) is 38.6 Å². The SMILES string of the molecule is CCCCOC(=O)NC1CCN(C(=O)c2cccc(O)c2)CC1. The third-order valence-corrected chi connectivity index (χ3v) is 3.93. The van der Waals surface area contributed by atoms with Crippen molar-refractivity contribution in [3.8, 4) is 5.75 Å². The van der Waals surface area contributed by atoms with Gasteiger partial charge in [0.2, 0.25) is 0 Å². The molecule has 6 heteroatoms. The molecule has 0 radical (unpaired) electrons. The van der Waals surface area contributed by atoms with Crippen LogP contribution in [0.5, 0.6) is 5.75 Å². The number of amides is 2. The maximum atomic E-state index is 12.4. The van der Waals surface area contributed by atoms with Gasteiger partial charge in [0.05, 0.1) is 6.61 Å². The van der Waals surface area contributed by atoms with E-state index in [4.69, 9.17) is 4.74 Å². The van der Waals surface area contributed by atoms with Gasteiger partial charge in [0.1, 0.15) is 5.75 Å². The summed E-state index contributed by atoms with van der Waals surface area (Å²) in [7, 11) is 0. The number of rotatable bonds is 5. The van der Waals surface area contributed by atoms with Crippen LogP contribution in [0.25, 0.3) is 0 Å². The normalized spacial score (nSPS) is 15.3. The molecule has 1 heterocycles. The summed E-state index contributed by atoms with van der Waals surface area (Å²) in [6, 6.07) is 6.40. The summed E-state index contributed by atoms with van der Waals surface area (Å²) < 4.78 is 5.08. The number of nitrogens with zero attached hydrogens (tertiary/aromatic N) is 1. The number of benzene rings is 1. The van der Waals surface area contributed by atoms with E-state index in [1.165, 1.54) is 12.1 Å². The number of aromatic hydroxyl groups is 1. The molecule has 1 aromatic rings. The van der Waals surface area contributed by atoms with Gasteiger partial charge in [-0.05, 0) is 37.5 Å². The Morgan fingerprint density at radius 3 is 2.74 bits per heavy atom. The van der Waals surface area contributed by atoms with Crippen LogP contribution in [0, 0.1) is 0 Å². The number of hydrogen-bond acceptors (Lipinski definition) is 4. The van der Waals surface area contributed by atoms with Gasteiger partial charge in [-0.25, -0.2) is 4.79 Å². The average molecular weight is 320 g/mol. The lowest BCUT2D eigenvalue weighted by Crippen LogP contribution is -2.46. The van der Waals surface area contributed by atoms with Crippen LogP contribution in [0.1, 0.15) is 43.0 Å². The molecule has 0 unspecified atom stereocenters. The molecule has 1 aromatic carbocycles. The fourth-order valence-electron chi connectivity index (χ4n) is 2.57. The molecule has 1 saturated heterocycles. The summed E-state index contributed by atoms with van der Waals surface area (Å²) in [5.41, 5.74) is 0.482. The van der Waals surface area contributed by atoms with Gasteiger partial charge in [-0.2, -0.15) is 0 Å². The number of unbranched alkanes of at least 4 members (excludes halogenated alkanes) is 1. The van der Waals surface area contributed by atoms with Crippen molar-refractivity contribution < 1.29 is 19.4 Å². The van der Waals surface area contributed by atoms with Gasteiger partial charge < -0.3 is 20.1 Å². The Morgan fingerprint density at radius 2 is 2.09 bits per heavy atom. The minimum atomic E-state index is -0.379. The maximum Gasteiger partial charge on any atom is 0.407 e. The molecular formula is C17H24N2O4. The highest BCUT2D eigenvalue weighted by molar-refractivity contribution is 5.94. The standard InChI is InChI=1S/C17H24N2O4/c1-2-3-11-23-17(22)18-14-7-9-19(10-8-14)16(21)13-5-4-6-15(20)12-13/h4-6,12,14,20H,2-3,7-11H2,1H3,(H,18,22). The van der Waals surface area contributed by atoms with E-state index in [1.54, 1.807) is 17.0 Å². The molecule has 2 N–H and O–H groups in total. The average Bonchev–Trinajstić information content (AvgIpc) is 2.55. The molecule has 23 heavy (non-hydrogen) atoms. The van der Waals surface area contributed by atoms with Crippen LogP contribution >= 0.6 is 0 Å². The summed E-state index contributed by atoms with van der Waals surface area (Å²) in [6.07, 6.45) is 2.88. The molecule has 0 aromatic heterocycles. The lowest BCUT2D eigenvalue weighted by molar-refractivity contribution is 0.0701. The molecule has 0 bridgehead atoms. The van der Waals surface area contributed by atoms with Gasteiger partial charge in [-0.15, -0.1) is 0 Å². The minimum Gasteiger partial charge on any atom is -0.508 e. The number of phenolic OH excluding ortho intramolecular Hbond substituents is 1. The van der Waals surface area contributed by atoms with Crippen molar-refractivity contribution in [3.05, 3.63) is 29.8 Å². The fraction of sp³-hybridized carbons (Fsp3) is 0.529. The molecule has 126 valence electrons. The van der Waals surface area contributed by atoms with Gasteiger partial charge in [-0.1, -0.05) is 19.4 Å². The largest absolute Gasteiger partial charge is 0.508 e. The van der Waals surface area contributed by atoms with Crippen LogP contribution in [0.2, 0.25) is 0 Å². The first-order valence-electron chi connectivity index (χ1n) is 8.11. The highest BCUT2D eigenvalue weighted by Gasteiger charge is 2.25. The van der Waals surface area contributed by atoms with E-state index < -0.39 is 0 Å². The zero-order valence-electron chi connectivity index (χ0n) is 13.5. The van der Waals surface area contributed by atoms with E-state index >= 15 is 0 Å². The van der Waals surface area contributed by atoms with Crippen molar-refractivity contribution in [1.82, 2.24) is 10.2 Å². The van der Waals surface area contributed by atoms with Crippen molar-refractivity contribution in [1.29, 1.82) is 0 Å². The number of phenols is 1. The van der Waals surface area contributed by atoms with Crippen molar-refractivity contribution >= 4 is 12.0 Å². The summed E-state index contributed by atoms with van der Waals surface area (Å²) in [5.74, 6) is -0.00732. The van der Waals surface area contributed by atoms with E-state index in [1.807, 2.05) is 6.92 Å². The maximum absolute atomic E-state index is 12.4. The predicted molar refractivity (Wildman–Crippen MR) is 86.4 cm³/mol. The summed E-state index contributed by atoms with van der Waals surface area (Å²) in [4.78, 5) is 25.7. The highest BCUT2D eigenvalue weighted by atomic mass is 16.5. The van der Waals surface area contributed by atoms with Gasteiger partial charge in [0.15, 0.2) is 0 Å². The smallest absolute Gasteiger partial charge is 0.407 e. The van der Waals surface area contributed by atoms with Gasteiger partial charge in [0.25, 0.3) is 5.91 Å². The number of carbonyl (C=O) groups is 2. The Morgan fingerprint density at radius 1 is 1.35 bits per heavy atom. The Bertz CT molecular complexity index is 539. The summed E-state index contributed by atoms with van der Waals surface area (Å²) in [5, 5.41) is 12.3. The van der Waals surface area contributed by atoms with E-state index in [9.17, 15) is 14.7 Å². The van der Waals surface area contributed by atoms with Crippen molar-refractivity contribution in [2.75, 3.05) is 19.7 Å². The first-order chi connectivity index (χ1) is 11.1. The Labute approximate surface area is 136 Å². The molecular weight excluding hydrogens is 296 g/mol. The number of carbonyl (C=O) groups excluding carboxylic acids is 2. The number of piperidine rings is 1. The Kier molecular flexibility index (Phi) is 6.26. The Hall–Kier alpha value is -2.24. The lowest BCUT2D eigenvalue weighted by atomic mass is 10.0. The predicted octanol–water partition coefficient (Wildman–Crippen LogP) is 2.52. The molecule has 1 aliphatic heterocycles. The molecule has 2 amide bonds. The van der Waals surface area contributed by atoms with Gasteiger partial charge >= 0.3 is 6.09 Å².